The summed E-state index contributed by atoms with van der Waals surface area (Å²) in [6.45, 7) is 3.66. The van der Waals surface area contributed by atoms with Crippen LogP contribution in [0.2, 0.25) is 0 Å². The number of carbonyl (C=O) groups excluding carboxylic acids is 1. The fourth-order valence-electron chi connectivity index (χ4n) is 6.88. The summed E-state index contributed by atoms with van der Waals surface area (Å²) in [6.07, 6.45) is 5.40. The molecule has 3 fully saturated rings. The second-order valence-corrected chi connectivity index (χ2v) is 14.7. The van der Waals surface area contributed by atoms with E-state index in [2.05, 4.69) is 10.2 Å². The molecule has 1 saturated carbocycles. The minimum atomic E-state index is -3.09. The zero-order valence-corrected chi connectivity index (χ0v) is 27.9. The van der Waals surface area contributed by atoms with Crippen LogP contribution in [0.15, 0.2) is 46.2 Å². The third-order valence-electron chi connectivity index (χ3n) is 9.15. The highest BCUT2D eigenvalue weighted by Crippen LogP contribution is 2.45. The van der Waals surface area contributed by atoms with Crippen molar-refractivity contribution in [3.63, 3.8) is 0 Å². The van der Waals surface area contributed by atoms with Gasteiger partial charge in [0, 0.05) is 11.1 Å². The Morgan fingerprint density at radius 1 is 1.10 bits per heavy atom. The number of esters is 1. The van der Waals surface area contributed by atoms with E-state index in [4.69, 9.17) is 18.9 Å². The van der Waals surface area contributed by atoms with Crippen molar-refractivity contribution in [3.8, 4) is 10.8 Å². The predicted molar refractivity (Wildman–Crippen MR) is 171 cm³/mol. The number of aromatic nitrogens is 5. The summed E-state index contributed by atoms with van der Waals surface area (Å²) < 4.78 is 53.0. The zero-order valence-electron chi connectivity index (χ0n) is 27.1. The molecule has 0 spiro atoms. The van der Waals surface area contributed by atoms with Gasteiger partial charge in [0.2, 0.25) is 0 Å². The quantitative estimate of drug-likeness (QED) is 0.212. The Balaban J connectivity index is 1.41. The van der Waals surface area contributed by atoms with E-state index in [1.54, 1.807) is 45.9 Å². The first-order valence-electron chi connectivity index (χ1n) is 16.1. The standard InChI is InChI=1S/C33H37F2N5O7S/c1-18-25-26(41)39(33(11-12-33)29(42)47-32(2,3)4)31(43)38(28(25)48-27(18)40-36-13-14-37-40)17-24(22-7-5-6-8-23(22)46-30(34)35)45-21-15-19-9-10-20(16-21)44-19/h5-8,13-14,19-21,24,30H,9-12,15-17H2,1-4H3/t19-,20+,21?,24-/m0/s1. The normalized spacial score (nSPS) is 22.3. The van der Waals surface area contributed by atoms with Crippen molar-refractivity contribution < 1.29 is 32.5 Å². The van der Waals surface area contributed by atoms with Crippen molar-refractivity contribution in [3.05, 3.63) is 68.6 Å². The van der Waals surface area contributed by atoms with Crippen LogP contribution < -0.4 is 16.0 Å². The average Bonchev–Trinajstić information content (AvgIpc) is 3.30. The molecule has 1 aliphatic carbocycles. The minimum absolute atomic E-state index is 0.0333. The van der Waals surface area contributed by atoms with Gasteiger partial charge in [-0.1, -0.05) is 29.5 Å². The fourth-order valence-corrected chi connectivity index (χ4v) is 8.10. The van der Waals surface area contributed by atoms with E-state index in [9.17, 15) is 23.2 Å². The molecule has 12 nitrogen and oxygen atoms in total. The number of para-hydroxylation sites is 1. The average molecular weight is 686 g/mol. The van der Waals surface area contributed by atoms with Gasteiger partial charge in [0.1, 0.15) is 27.3 Å². The van der Waals surface area contributed by atoms with Gasteiger partial charge in [0.25, 0.3) is 5.56 Å². The molecule has 1 unspecified atom stereocenters. The molecule has 2 saturated heterocycles. The first-order valence-corrected chi connectivity index (χ1v) is 16.9. The Morgan fingerprint density at radius 3 is 2.40 bits per heavy atom. The molecule has 1 aromatic carbocycles. The fraction of sp³-hybridized carbons (Fsp3) is 0.545. The number of hydrogen-bond acceptors (Lipinski definition) is 10. The van der Waals surface area contributed by atoms with Crippen molar-refractivity contribution in [1.82, 2.24) is 24.1 Å². The van der Waals surface area contributed by atoms with Crippen LogP contribution in [0.5, 0.6) is 5.75 Å². The number of alkyl halides is 2. The molecule has 48 heavy (non-hydrogen) atoms. The number of aryl methyl sites for hydroxylation is 1. The highest BCUT2D eigenvalue weighted by Gasteiger charge is 2.56. The van der Waals surface area contributed by atoms with Crippen LogP contribution in [-0.4, -0.2) is 60.6 Å². The van der Waals surface area contributed by atoms with Crippen LogP contribution in [0.25, 0.3) is 15.2 Å². The van der Waals surface area contributed by atoms with Crippen molar-refractivity contribution in [1.29, 1.82) is 0 Å². The Morgan fingerprint density at radius 2 is 1.77 bits per heavy atom. The van der Waals surface area contributed by atoms with E-state index < -0.39 is 41.1 Å². The lowest BCUT2D eigenvalue weighted by Gasteiger charge is -2.32. The summed E-state index contributed by atoms with van der Waals surface area (Å²) in [5, 5.41) is 9.22. The number of rotatable bonds is 10. The smallest absolute Gasteiger partial charge is 0.387 e. The molecule has 0 N–H and O–H groups in total. The molecule has 2 aliphatic heterocycles. The van der Waals surface area contributed by atoms with Crippen LogP contribution in [0.4, 0.5) is 8.78 Å². The summed E-state index contributed by atoms with van der Waals surface area (Å²) in [7, 11) is 0. The second kappa shape index (κ2) is 12.2. The number of thiophene rings is 1. The van der Waals surface area contributed by atoms with E-state index in [-0.39, 0.29) is 48.8 Å². The van der Waals surface area contributed by atoms with Gasteiger partial charge < -0.3 is 18.9 Å². The monoisotopic (exact) mass is 685 g/mol. The van der Waals surface area contributed by atoms with Gasteiger partial charge in [-0.3, -0.25) is 9.36 Å². The summed E-state index contributed by atoms with van der Waals surface area (Å²) in [6, 6.07) is 6.34. The van der Waals surface area contributed by atoms with Gasteiger partial charge in [-0.05, 0) is 72.3 Å². The third kappa shape index (κ3) is 5.96. The van der Waals surface area contributed by atoms with Gasteiger partial charge in [0.05, 0.1) is 42.6 Å². The highest BCUT2D eigenvalue weighted by atomic mass is 32.1. The van der Waals surface area contributed by atoms with Gasteiger partial charge in [-0.2, -0.15) is 19.0 Å². The number of halogens is 2. The van der Waals surface area contributed by atoms with Crippen molar-refractivity contribution in [2.24, 2.45) is 0 Å². The SMILES string of the molecule is Cc1c(-n2nccn2)sc2c1c(=O)n(C1(C(=O)OC(C)(C)C)CC1)c(=O)n2C[C@H](OC1C[C@H]2CC[C@@H](C1)O2)c1ccccc1OC(F)F. The lowest BCUT2D eigenvalue weighted by atomic mass is 10.0. The van der Waals surface area contributed by atoms with Crippen molar-refractivity contribution in [2.45, 2.75) is 115 Å². The zero-order chi connectivity index (χ0) is 34.0. The lowest BCUT2D eigenvalue weighted by Crippen LogP contribution is -2.50. The molecule has 3 aliphatic rings. The number of hydrogen-bond donors (Lipinski definition) is 0. The summed E-state index contributed by atoms with van der Waals surface area (Å²) in [4.78, 5) is 44.3. The van der Waals surface area contributed by atoms with Crippen molar-refractivity contribution >= 4 is 27.5 Å². The van der Waals surface area contributed by atoms with Crippen LogP contribution in [0, 0.1) is 6.92 Å². The first kappa shape index (κ1) is 32.6. The summed E-state index contributed by atoms with van der Waals surface area (Å²) in [5.41, 5.74) is -2.84. The molecule has 0 radical (unpaired) electrons. The molecule has 5 heterocycles. The molecule has 256 valence electrons. The molecule has 7 rings (SSSR count). The van der Waals surface area contributed by atoms with Crippen LogP contribution in [0.3, 0.4) is 0 Å². The van der Waals surface area contributed by atoms with Crippen molar-refractivity contribution in [2.75, 3.05) is 0 Å². The van der Waals surface area contributed by atoms with E-state index >= 15 is 0 Å². The molecule has 15 heteroatoms. The lowest BCUT2D eigenvalue weighted by molar-refractivity contribution is -0.161. The maximum Gasteiger partial charge on any atom is 0.387 e. The van der Waals surface area contributed by atoms with E-state index in [1.165, 1.54) is 27.8 Å². The Labute approximate surface area is 278 Å². The molecule has 2 bridgehead atoms. The molecule has 3 aromatic heterocycles. The first-order chi connectivity index (χ1) is 22.8. The molecule has 4 atom stereocenters. The topological polar surface area (TPSA) is 129 Å². The summed E-state index contributed by atoms with van der Waals surface area (Å²) >= 11 is 1.15. The van der Waals surface area contributed by atoms with Crippen LogP contribution in [-0.2, 0) is 31.1 Å². The Kier molecular flexibility index (Phi) is 8.27. The van der Waals surface area contributed by atoms with E-state index in [0.29, 0.717) is 33.8 Å². The molecule has 0 amide bonds. The second-order valence-electron chi connectivity index (χ2n) is 13.7. The Bertz CT molecular complexity index is 1950. The van der Waals surface area contributed by atoms with Gasteiger partial charge in [-0.15, -0.1) is 4.80 Å². The minimum Gasteiger partial charge on any atom is -0.458 e. The van der Waals surface area contributed by atoms with E-state index in [1.807, 2.05) is 0 Å². The summed E-state index contributed by atoms with van der Waals surface area (Å²) in [5.74, 6) is -0.746. The largest absolute Gasteiger partial charge is 0.458 e. The third-order valence-corrected chi connectivity index (χ3v) is 10.4. The van der Waals surface area contributed by atoms with Crippen LogP contribution >= 0.6 is 11.3 Å². The molecule has 4 aromatic rings. The number of nitrogens with zero attached hydrogens (tertiary/aromatic N) is 5. The number of ether oxygens (including phenoxy) is 4. The predicted octanol–water partition coefficient (Wildman–Crippen LogP) is 5.01. The number of benzene rings is 1. The number of fused-ring (bicyclic) bond motifs is 3. The Hall–Kier alpha value is -3.95. The molecular formula is C33H37F2N5O7S. The highest BCUT2D eigenvalue weighted by molar-refractivity contribution is 7.21. The van der Waals surface area contributed by atoms with Gasteiger partial charge in [0.15, 0.2) is 5.54 Å². The number of carbonyl (C=O) groups is 1. The van der Waals surface area contributed by atoms with Crippen LogP contribution in [0.1, 0.15) is 76.5 Å². The van der Waals surface area contributed by atoms with Gasteiger partial charge in [-0.25, -0.2) is 14.2 Å². The van der Waals surface area contributed by atoms with Gasteiger partial charge >= 0.3 is 18.3 Å². The maximum atomic E-state index is 14.7. The molecular weight excluding hydrogens is 648 g/mol. The maximum absolute atomic E-state index is 14.7. The van der Waals surface area contributed by atoms with E-state index in [0.717, 1.165) is 28.7 Å².